The Kier molecular flexibility index (Phi) is 5.17. The number of hydrogen-bond acceptors (Lipinski definition) is 6. The fraction of sp³-hybridized carbons (Fsp3) is 0.476. The number of benzene rings is 1. The zero-order valence-corrected chi connectivity index (χ0v) is 16.6. The number of aromatic nitrogens is 2. The lowest BCUT2D eigenvalue weighted by atomic mass is 10.0. The van der Waals surface area contributed by atoms with Crippen molar-refractivity contribution in [2.45, 2.75) is 25.3 Å². The summed E-state index contributed by atoms with van der Waals surface area (Å²) in [5, 5.41) is 0. The summed E-state index contributed by atoms with van der Waals surface area (Å²) in [4.78, 5) is 26.7. The highest BCUT2D eigenvalue weighted by Gasteiger charge is 2.28. The van der Waals surface area contributed by atoms with Crippen LogP contribution in [0, 0.1) is 0 Å². The average Bonchev–Trinajstić information content (AvgIpc) is 3.18. The van der Waals surface area contributed by atoms with Crippen LogP contribution in [-0.4, -0.2) is 66.6 Å². The first kappa shape index (κ1) is 18.7. The van der Waals surface area contributed by atoms with Crippen LogP contribution in [-0.2, 0) is 13.0 Å². The number of carbonyl (C=O) groups excluding carboxylic acids is 1. The standard InChI is InChI=1S/C21H26N4O3/c1-24-8-6-14(12-24)20-22-11-15-13-25(9-7-18(15)23-20)21(26)17-10-16(27-2)4-5-19(17)28-3/h4-5,10-11,14H,6-9,12-13H2,1-3H3. The number of hydrogen-bond donors (Lipinski definition) is 0. The van der Waals surface area contributed by atoms with Gasteiger partial charge in [0.25, 0.3) is 5.91 Å². The van der Waals surface area contributed by atoms with Crippen LogP contribution in [0.2, 0.25) is 0 Å². The highest BCUT2D eigenvalue weighted by atomic mass is 16.5. The number of ether oxygens (including phenoxy) is 2. The number of carbonyl (C=O) groups is 1. The van der Waals surface area contributed by atoms with Gasteiger partial charge < -0.3 is 19.3 Å². The summed E-state index contributed by atoms with van der Waals surface area (Å²) >= 11 is 0. The van der Waals surface area contributed by atoms with E-state index in [0.717, 1.165) is 43.0 Å². The summed E-state index contributed by atoms with van der Waals surface area (Å²) in [6, 6.07) is 5.28. The molecule has 2 aliphatic rings. The van der Waals surface area contributed by atoms with Crippen molar-refractivity contribution in [3.8, 4) is 11.5 Å². The van der Waals surface area contributed by atoms with Gasteiger partial charge in [0.15, 0.2) is 0 Å². The quantitative estimate of drug-likeness (QED) is 0.807. The second kappa shape index (κ2) is 7.75. The van der Waals surface area contributed by atoms with Gasteiger partial charge >= 0.3 is 0 Å². The minimum atomic E-state index is -0.0668. The molecule has 1 atom stereocenters. The average molecular weight is 382 g/mol. The molecular formula is C21H26N4O3. The number of rotatable bonds is 4. The zero-order chi connectivity index (χ0) is 19.7. The molecule has 2 aromatic rings. The molecule has 0 spiro atoms. The molecule has 1 saturated heterocycles. The molecule has 1 fully saturated rings. The third-order valence-corrected chi connectivity index (χ3v) is 5.63. The monoisotopic (exact) mass is 382 g/mol. The molecule has 7 nitrogen and oxygen atoms in total. The van der Waals surface area contributed by atoms with Gasteiger partial charge in [0, 0.05) is 43.7 Å². The molecule has 1 aromatic carbocycles. The third kappa shape index (κ3) is 3.54. The maximum Gasteiger partial charge on any atom is 0.258 e. The number of likely N-dealkylation sites (N-methyl/N-ethyl adjacent to an activating group) is 1. The molecule has 2 aliphatic heterocycles. The van der Waals surface area contributed by atoms with Crippen molar-refractivity contribution in [2.24, 2.45) is 0 Å². The summed E-state index contributed by atoms with van der Waals surface area (Å²) in [7, 11) is 5.29. The van der Waals surface area contributed by atoms with Crippen LogP contribution in [0.1, 0.15) is 39.8 Å². The molecular weight excluding hydrogens is 356 g/mol. The van der Waals surface area contributed by atoms with Gasteiger partial charge in [0.2, 0.25) is 0 Å². The summed E-state index contributed by atoms with van der Waals surface area (Å²) in [5.41, 5.74) is 2.61. The fourth-order valence-electron chi connectivity index (χ4n) is 4.00. The topological polar surface area (TPSA) is 67.8 Å². The number of methoxy groups -OCH3 is 2. The minimum absolute atomic E-state index is 0.0668. The van der Waals surface area contributed by atoms with E-state index in [1.807, 2.05) is 11.1 Å². The van der Waals surface area contributed by atoms with E-state index in [9.17, 15) is 4.79 Å². The maximum absolute atomic E-state index is 13.1. The lowest BCUT2D eigenvalue weighted by Crippen LogP contribution is -2.37. The summed E-state index contributed by atoms with van der Waals surface area (Å²) in [6.45, 7) is 3.25. The van der Waals surface area contributed by atoms with Crippen LogP contribution < -0.4 is 9.47 Å². The fourth-order valence-corrected chi connectivity index (χ4v) is 4.00. The molecule has 7 heteroatoms. The van der Waals surface area contributed by atoms with Gasteiger partial charge in [-0.3, -0.25) is 4.79 Å². The lowest BCUT2D eigenvalue weighted by molar-refractivity contribution is 0.0729. The predicted molar refractivity (Wildman–Crippen MR) is 105 cm³/mol. The van der Waals surface area contributed by atoms with E-state index in [1.165, 1.54) is 0 Å². The van der Waals surface area contributed by atoms with Crippen LogP contribution >= 0.6 is 0 Å². The Balaban J connectivity index is 1.53. The molecule has 4 rings (SSSR count). The molecule has 148 valence electrons. The van der Waals surface area contributed by atoms with Gasteiger partial charge in [-0.25, -0.2) is 9.97 Å². The van der Waals surface area contributed by atoms with E-state index < -0.39 is 0 Å². The van der Waals surface area contributed by atoms with Crippen molar-refractivity contribution in [3.05, 3.63) is 47.0 Å². The number of amides is 1. The van der Waals surface area contributed by atoms with Crippen LogP contribution in [0.4, 0.5) is 0 Å². The maximum atomic E-state index is 13.1. The molecule has 1 aromatic heterocycles. The van der Waals surface area contributed by atoms with E-state index in [4.69, 9.17) is 14.5 Å². The lowest BCUT2D eigenvalue weighted by Gasteiger charge is -2.29. The van der Waals surface area contributed by atoms with E-state index in [-0.39, 0.29) is 5.91 Å². The second-order valence-electron chi connectivity index (χ2n) is 7.49. The Labute approximate surface area is 165 Å². The van der Waals surface area contributed by atoms with Crippen molar-refractivity contribution in [1.82, 2.24) is 19.8 Å². The largest absolute Gasteiger partial charge is 0.497 e. The molecule has 0 N–H and O–H groups in total. The van der Waals surface area contributed by atoms with Crippen LogP contribution in [0.25, 0.3) is 0 Å². The Bertz CT molecular complexity index is 886. The van der Waals surface area contributed by atoms with Crippen molar-refractivity contribution in [1.29, 1.82) is 0 Å². The van der Waals surface area contributed by atoms with Crippen molar-refractivity contribution < 1.29 is 14.3 Å². The van der Waals surface area contributed by atoms with Gasteiger partial charge in [-0.2, -0.15) is 0 Å². The molecule has 3 heterocycles. The van der Waals surface area contributed by atoms with Crippen molar-refractivity contribution in [3.63, 3.8) is 0 Å². The number of fused-ring (bicyclic) bond motifs is 1. The van der Waals surface area contributed by atoms with Gasteiger partial charge in [-0.15, -0.1) is 0 Å². The summed E-state index contributed by atoms with van der Waals surface area (Å²) in [6.07, 6.45) is 3.75. The van der Waals surface area contributed by atoms with Crippen LogP contribution in [0.3, 0.4) is 0 Å². The summed E-state index contributed by atoms with van der Waals surface area (Å²) in [5.74, 6) is 2.47. The smallest absolute Gasteiger partial charge is 0.258 e. The zero-order valence-electron chi connectivity index (χ0n) is 16.6. The number of likely N-dealkylation sites (tertiary alicyclic amines) is 1. The highest BCUT2D eigenvalue weighted by molar-refractivity contribution is 5.97. The molecule has 28 heavy (non-hydrogen) atoms. The first-order valence-corrected chi connectivity index (χ1v) is 9.63. The molecule has 0 saturated carbocycles. The van der Waals surface area contributed by atoms with Crippen LogP contribution in [0.5, 0.6) is 11.5 Å². The van der Waals surface area contributed by atoms with E-state index >= 15 is 0 Å². The SMILES string of the molecule is COc1ccc(OC)c(C(=O)N2CCc3nc(C4CCN(C)C4)ncc3C2)c1. The van der Waals surface area contributed by atoms with E-state index in [1.54, 1.807) is 32.4 Å². The number of nitrogens with zero attached hydrogens (tertiary/aromatic N) is 4. The molecule has 0 bridgehead atoms. The van der Waals surface area contributed by atoms with E-state index in [0.29, 0.717) is 36.1 Å². The Morgan fingerprint density at radius 1 is 1.21 bits per heavy atom. The van der Waals surface area contributed by atoms with Gasteiger partial charge in [-0.05, 0) is 38.2 Å². The Morgan fingerprint density at radius 2 is 2.07 bits per heavy atom. The van der Waals surface area contributed by atoms with Crippen LogP contribution in [0.15, 0.2) is 24.4 Å². The first-order valence-electron chi connectivity index (χ1n) is 9.63. The van der Waals surface area contributed by atoms with Gasteiger partial charge in [0.1, 0.15) is 17.3 Å². The summed E-state index contributed by atoms with van der Waals surface area (Å²) < 4.78 is 10.6. The Morgan fingerprint density at radius 3 is 2.79 bits per heavy atom. The van der Waals surface area contributed by atoms with Gasteiger partial charge in [-0.1, -0.05) is 0 Å². The molecule has 0 radical (unpaired) electrons. The molecule has 0 aliphatic carbocycles. The van der Waals surface area contributed by atoms with Gasteiger partial charge in [0.05, 0.1) is 25.5 Å². The predicted octanol–water partition coefficient (Wildman–Crippen LogP) is 2.11. The van der Waals surface area contributed by atoms with Crippen molar-refractivity contribution in [2.75, 3.05) is 40.9 Å². The van der Waals surface area contributed by atoms with E-state index in [2.05, 4.69) is 16.9 Å². The Hall–Kier alpha value is -2.67. The molecule has 1 unspecified atom stereocenters. The first-order chi connectivity index (χ1) is 13.6. The molecule has 1 amide bonds. The minimum Gasteiger partial charge on any atom is -0.497 e. The third-order valence-electron chi connectivity index (χ3n) is 5.63. The second-order valence-corrected chi connectivity index (χ2v) is 7.49. The highest BCUT2D eigenvalue weighted by Crippen LogP contribution is 2.29. The van der Waals surface area contributed by atoms with Crippen molar-refractivity contribution >= 4 is 5.91 Å². The normalized spacial score (nSPS) is 19.4.